The first-order chi connectivity index (χ1) is 13.0. The Kier molecular flexibility index (Phi) is 4.70. The summed E-state index contributed by atoms with van der Waals surface area (Å²) in [6.07, 6.45) is 2.28. The number of likely N-dealkylation sites (tertiary alicyclic amines) is 1. The van der Waals surface area contributed by atoms with E-state index in [1.54, 1.807) is 22.8 Å². The van der Waals surface area contributed by atoms with Crippen molar-refractivity contribution in [1.29, 1.82) is 0 Å². The van der Waals surface area contributed by atoms with E-state index < -0.39 is 6.04 Å². The minimum Gasteiger partial charge on any atom is -0.326 e. The standard InChI is InChI=1S/C20H21N3O3S/c1-13(24)22-10-8-14-12-15(6-7-16(14)22)21-19(25)17-4-2-9-23(17)20(26)18-5-3-11-27-18/h3,5-7,11-12,17H,2,4,8-10H2,1H3,(H,21,25)/t17-/m1/s1. The third-order valence-electron chi connectivity index (χ3n) is 5.17. The molecule has 1 atom stereocenters. The predicted octanol–water partition coefficient (Wildman–Crippen LogP) is 2.90. The average molecular weight is 383 g/mol. The van der Waals surface area contributed by atoms with E-state index >= 15 is 0 Å². The van der Waals surface area contributed by atoms with Gasteiger partial charge in [-0.2, -0.15) is 0 Å². The summed E-state index contributed by atoms with van der Waals surface area (Å²) in [5.74, 6) is -0.202. The number of thiophene rings is 1. The van der Waals surface area contributed by atoms with Gasteiger partial charge in [0.25, 0.3) is 5.91 Å². The highest BCUT2D eigenvalue weighted by Gasteiger charge is 2.35. The first-order valence-corrected chi connectivity index (χ1v) is 9.99. The number of benzene rings is 1. The third kappa shape index (κ3) is 3.35. The van der Waals surface area contributed by atoms with Crippen molar-refractivity contribution in [3.63, 3.8) is 0 Å². The van der Waals surface area contributed by atoms with Crippen molar-refractivity contribution in [3.8, 4) is 0 Å². The molecular formula is C20H21N3O3S. The van der Waals surface area contributed by atoms with Crippen molar-refractivity contribution in [2.45, 2.75) is 32.2 Å². The topological polar surface area (TPSA) is 69.7 Å². The maximum atomic E-state index is 12.8. The maximum Gasteiger partial charge on any atom is 0.264 e. The zero-order valence-electron chi connectivity index (χ0n) is 15.1. The highest BCUT2D eigenvalue weighted by molar-refractivity contribution is 7.12. The molecule has 0 aliphatic carbocycles. The van der Waals surface area contributed by atoms with Crippen LogP contribution in [0.2, 0.25) is 0 Å². The van der Waals surface area contributed by atoms with Crippen LogP contribution in [-0.4, -0.2) is 41.8 Å². The molecule has 4 rings (SSSR count). The molecule has 0 spiro atoms. The van der Waals surface area contributed by atoms with Gasteiger partial charge in [-0.25, -0.2) is 0 Å². The van der Waals surface area contributed by atoms with Gasteiger partial charge in [0.2, 0.25) is 11.8 Å². The first-order valence-electron chi connectivity index (χ1n) is 9.11. The fraction of sp³-hybridized carbons (Fsp3) is 0.350. The lowest BCUT2D eigenvalue weighted by atomic mass is 10.1. The number of amides is 3. The Balaban J connectivity index is 1.47. The van der Waals surface area contributed by atoms with Gasteiger partial charge in [0.1, 0.15) is 6.04 Å². The summed E-state index contributed by atoms with van der Waals surface area (Å²) in [6, 6.07) is 8.82. The minimum absolute atomic E-state index is 0.0271. The summed E-state index contributed by atoms with van der Waals surface area (Å²) >= 11 is 1.40. The molecule has 140 valence electrons. The largest absolute Gasteiger partial charge is 0.326 e. The molecule has 2 aliphatic rings. The first kappa shape index (κ1) is 17.7. The summed E-state index contributed by atoms with van der Waals surface area (Å²) in [7, 11) is 0. The van der Waals surface area contributed by atoms with E-state index in [0.717, 1.165) is 24.1 Å². The SMILES string of the molecule is CC(=O)N1CCc2cc(NC(=O)[C@H]3CCCN3C(=O)c3cccs3)ccc21. The normalized spacial score (nSPS) is 18.5. The minimum atomic E-state index is -0.443. The molecule has 3 amide bonds. The van der Waals surface area contributed by atoms with Crippen LogP contribution in [0.15, 0.2) is 35.7 Å². The molecule has 2 aliphatic heterocycles. The van der Waals surface area contributed by atoms with E-state index in [1.165, 1.54) is 11.3 Å². The Morgan fingerprint density at radius 3 is 2.78 bits per heavy atom. The Labute approximate surface area is 161 Å². The second-order valence-corrected chi connectivity index (χ2v) is 7.83. The summed E-state index contributed by atoms with van der Waals surface area (Å²) in [6.45, 7) is 2.84. The number of anilines is 2. The number of carbonyl (C=O) groups is 3. The second kappa shape index (κ2) is 7.15. The molecule has 3 heterocycles. The molecule has 6 nitrogen and oxygen atoms in total. The number of hydrogen-bond acceptors (Lipinski definition) is 4. The monoisotopic (exact) mass is 383 g/mol. The molecular weight excluding hydrogens is 362 g/mol. The highest BCUT2D eigenvalue weighted by atomic mass is 32.1. The fourth-order valence-corrected chi connectivity index (χ4v) is 4.54. The Morgan fingerprint density at radius 1 is 1.19 bits per heavy atom. The van der Waals surface area contributed by atoms with Crippen LogP contribution < -0.4 is 10.2 Å². The molecule has 2 aromatic rings. The second-order valence-electron chi connectivity index (χ2n) is 6.89. The van der Waals surface area contributed by atoms with Crippen LogP contribution in [0, 0.1) is 0 Å². The smallest absolute Gasteiger partial charge is 0.264 e. The molecule has 0 bridgehead atoms. The van der Waals surface area contributed by atoms with E-state index in [-0.39, 0.29) is 17.7 Å². The highest BCUT2D eigenvalue weighted by Crippen LogP contribution is 2.31. The van der Waals surface area contributed by atoms with Crippen LogP contribution in [0.1, 0.15) is 35.0 Å². The third-order valence-corrected chi connectivity index (χ3v) is 6.03. The fourth-order valence-electron chi connectivity index (χ4n) is 3.86. The number of carbonyl (C=O) groups excluding carboxylic acids is 3. The molecule has 1 saturated heterocycles. The van der Waals surface area contributed by atoms with Crippen molar-refractivity contribution in [1.82, 2.24) is 4.90 Å². The van der Waals surface area contributed by atoms with Gasteiger partial charge >= 0.3 is 0 Å². The van der Waals surface area contributed by atoms with Gasteiger partial charge in [-0.15, -0.1) is 11.3 Å². The predicted molar refractivity (Wildman–Crippen MR) is 105 cm³/mol. The van der Waals surface area contributed by atoms with E-state index in [1.807, 2.05) is 29.6 Å². The summed E-state index contributed by atoms with van der Waals surface area (Å²) in [5.41, 5.74) is 2.68. The van der Waals surface area contributed by atoms with Crippen LogP contribution in [-0.2, 0) is 16.0 Å². The van der Waals surface area contributed by atoms with Crippen molar-refractivity contribution in [3.05, 3.63) is 46.2 Å². The number of nitrogens with one attached hydrogen (secondary N) is 1. The van der Waals surface area contributed by atoms with E-state index in [2.05, 4.69) is 5.32 Å². The van der Waals surface area contributed by atoms with Crippen LogP contribution in [0.4, 0.5) is 11.4 Å². The lowest BCUT2D eigenvalue weighted by molar-refractivity contribution is -0.119. The van der Waals surface area contributed by atoms with E-state index in [9.17, 15) is 14.4 Å². The summed E-state index contributed by atoms with van der Waals surface area (Å²) in [4.78, 5) is 41.2. The molecule has 27 heavy (non-hydrogen) atoms. The van der Waals surface area contributed by atoms with Gasteiger partial charge < -0.3 is 15.1 Å². The zero-order valence-corrected chi connectivity index (χ0v) is 15.9. The van der Waals surface area contributed by atoms with Gasteiger partial charge in [-0.1, -0.05) is 6.07 Å². The van der Waals surface area contributed by atoms with Crippen molar-refractivity contribution in [2.24, 2.45) is 0 Å². The van der Waals surface area contributed by atoms with E-state index in [0.29, 0.717) is 30.1 Å². The Hall–Kier alpha value is -2.67. The zero-order chi connectivity index (χ0) is 19.0. The van der Waals surface area contributed by atoms with Gasteiger partial charge in [-0.05, 0) is 54.5 Å². The van der Waals surface area contributed by atoms with Crippen molar-refractivity contribution >= 4 is 40.4 Å². The van der Waals surface area contributed by atoms with Crippen LogP contribution in [0.25, 0.3) is 0 Å². The number of fused-ring (bicyclic) bond motifs is 1. The van der Waals surface area contributed by atoms with Crippen molar-refractivity contribution in [2.75, 3.05) is 23.3 Å². The summed E-state index contributed by atoms with van der Waals surface area (Å²) < 4.78 is 0. The summed E-state index contributed by atoms with van der Waals surface area (Å²) in [5, 5.41) is 4.82. The molecule has 1 aromatic carbocycles. The molecule has 0 radical (unpaired) electrons. The average Bonchev–Trinajstić information content (AvgIpc) is 3.39. The quantitative estimate of drug-likeness (QED) is 0.886. The lowest BCUT2D eigenvalue weighted by Gasteiger charge is -2.23. The van der Waals surface area contributed by atoms with Gasteiger partial charge in [0, 0.05) is 31.4 Å². The number of rotatable bonds is 3. The van der Waals surface area contributed by atoms with E-state index in [4.69, 9.17) is 0 Å². The van der Waals surface area contributed by atoms with Crippen LogP contribution in [0.3, 0.4) is 0 Å². The molecule has 1 aromatic heterocycles. The molecule has 1 N–H and O–H groups in total. The van der Waals surface area contributed by atoms with Gasteiger partial charge in [0.05, 0.1) is 4.88 Å². The lowest BCUT2D eigenvalue weighted by Crippen LogP contribution is -2.42. The maximum absolute atomic E-state index is 12.8. The van der Waals surface area contributed by atoms with Gasteiger partial charge in [0.15, 0.2) is 0 Å². The van der Waals surface area contributed by atoms with Gasteiger partial charge in [-0.3, -0.25) is 14.4 Å². The van der Waals surface area contributed by atoms with Crippen LogP contribution in [0.5, 0.6) is 0 Å². The Morgan fingerprint density at radius 2 is 2.04 bits per heavy atom. The van der Waals surface area contributed by atoms with Crippen molar-refractivity contribution < 1.29 is 14.4 Å². The number of nitrogens with zero attached hydrogens (tertiary/aromatic N) is 2. The molecule has 0 saturated carbocycles. The Bertz CT molecular complexity index is 894. The molecule has 0 unspecified atom stereocenters. The number of hydrogen-bond donors (Lipinski definition) is 1. The molecule has 7 heteroatoms. The van der Waals surface area contributed by atoms with Crippen LogP contribution >= 0.6 is 11.3 Å². The molecule has 1 fully saturated rings.